The normalized spacial score (nSPS) is 10.9. The smallest absolute Gasteiger partial charge is 0.331 e. The van der Waals surface area contributed by atoms with Crippen LogP contribution in [-0.4, -0.2) is 28.8 Å². The monoisotopic (exact) mass is 420 g/mol. The molecule has 0 atom stereocenters. The molecule has 31 heavy (non-hydrogen) atoms. The van der Waals surface area contributed by atoms with Gasteiger partial charge in [-0.1, -0.05) is 12.1 Å². The van der Waals surface area contributed by atoms with Gasteiger partial charge in [0.1, 0.15) is 5.76 Å². The Labute approximate surface area is 180 Å². The Hall–Kier alpha value is -3.87. The molecule has 160 valence electrons. The summed E-state index contributed by atoms with van der Waals surface area (Å²) < 4.78 is 12.5. The summed E-state index contributed by atoms with van der Waals surface area (Å²) in [5, 5.41) is 2.60. The SMILES string of the molecule is CC(=O)c1cccc(NC(=O)COC(=O)/C=C/c2cc(C)n(Cc3ccco3)c2C)c1. The van der Waals surface area contributed by atoms with Crippen LogP contribution in [0.25, 0.3) is 6.08 Å². The van der Waals surface area contributed by atoms with E-state index in [0.717, 1.165) is 22.7 Å². The molecule has 0 aliphatic carbocycles. The van der Waals surface area contributed by atoms with Gasteiger partial charge in [-0.05, 0) is 62.7 Å². The minimum Gasteiger partial charge on any atom is -0.467 e. The third kappa shape index (κ3) is 5.82. The molecule has 0 aliphatic heterocycles. The number of anilines is 1. The first-order valence-electron chi connectivity index (χ1n) is 9.78. The summed E-state index contributed by atoms with van der Waals surface area (Å²) in [5.74, 6) is -0.365. The van der Waals surface area contributed by atoms with Crippen LogP contribution >= 0.6 is 0 Å². The molecule has 3 rings (SSSR count). The lowest BCUT2D eigenvalue weighted by molar-refractivity contribution is -0.142. The van der Waals surface area contributed by atoms with Crippen molar-refractivity contribution in [1.82, 2.24) is 4.57 Å². The van der Waals surface area contributed by atoms with Crippen LogP contribution in [0.3, 0.4) is 0 Å². The maximum Gasteiger partial charge on any atom is 0.331 e. The predicted molar refractivity (Wildman–Crippen MR) is 117 cm³/mol. The highest BCUT2D eigenvalue weighted by atomic mass is 16.5. The number of amides is 1. The average Bonchev–Trinajstić information content (AvgIpc) is 3.34. The summed E-state index contributed by atoms with van der Waals surface area (Å²) in [6, 6.07) is 12.3. The largest absolute Gasteiger partial charge is 0.467 e. The number of hydrogen-bond donors (Lipinski definition) is 1. The number of carbonyl (C=O) groups is 3. The molecule has 0 unspecified atom stereocenters. The second kappa shape index (κ2) is 9.75. The molecule has 0 saturated heterocycles. The van der Waals surface area contributed by atoms with Crippen LogP contribution in [0.4, 0.5) is 5.69 Å². The topological polar surface area (TPSA) is 90.5 Å². The Bertz CT molecular complexity index is 1120. The van der Waals surface area contributed by atoms with Crippen molar-refractivity contribution < 1.29 is 23.5 Å². The number of aryl methyl sites for hydroxylation is 1. The summed E-state index contributed by atoms with van der Waals surface area (Å²) >= 11 is 0. The van der Waals surface area contributed by atoms with Gasteiger partial charge in [-0.3, -0.25) is 9.59 Å². The highest BCUT2D eigenvalue weighted by Gasteiger charge is 2.10. The van der Waals surface area contributed by atoms with Gasteiger partial charge in [0.15, 0.2) is 12.4 Å². The number of ketones is 1. The molecule has 7 heteroatoms. The van der Waals surface area contributed by atoms with Crippen molar-refractivity contribution in [2.75, 3.05) is 11.9 Å². The number of rotatable bonds is 8. The zero-order chi connectivity index (χ0) is 22.4. The first-order valence-corrected chi connectivity index (χ1v) is 9.78. The first-order chi connectivity index (χ1) is 14.8. The quantitative estimate of drug-likeness (QED) is 0.336. The van der Waals surface area contributed by atoms with E-state index in [1.165, 1.54) is 13.0 Å². The summed E-state index contributed by atoms with van der Waals surface area (Å²) in [5.41, 5.74) is 3.86. The second-order valence-electron chi connectivity index (χ2n) is 7.12. The fourth-order valence-electron chi connectivity index (χ4n) is 3.15. The van der Waals surface area contributed by atoms with Gasteiger partial charge in [-0.15, -0.1) is 0 Å². The van der Waals surface area contributed by atoms with E-state index in [1.807, 2.05) is 32.0 Å². The van der Waals surface area contributed by atoms with Crippen molar-refractivity contribution in [2.24, 2.45) is 0 Å². The molecule has 3 aromatic rings. The average molecular weight is 420 g/mol. The Morgan fingerprint density at radius 3 is 2.65 bits per heavy atom. The highest BCUT2D eigenvalue weighted by molar-refractivity contribution is 5.98. The van der Waals surface area contributed by atoms with Gasteiger partial charge >= 0.3 is 5.97 Å². The van der Waals surface area contributed by atoms with Crippen LogP contribution < -0.4 is 5.32 Å². The maximum atomic E-state index is 12.0. The Balaban J connectivity index is 1.54. The molecule has 0 aliphatic rings. The first kappa shape index (κ1) is 21.8. The molecule has 0 fully saturated rings. The lowest BCUT2D eigenvalue weighted by Crippen LogP contribution is -2.20. The van der Waals surface area contributed by atoms with Gasteiger partial charge in [0.2, 0.25) is 0 Å². The van der Waals surface area contributed by atoms with Gasteiger partial charge in [0.25, 0.3) is 5.91 Å². The lowest BCUT2D eigenvalue weighted by atomic mass is 10.1. The van der Waals surface area contributed by atoms with Gasteiger partial charge in [-0.25, -0.2) is 4.79 Å². The molecular formula is C24H24N2O5. The number of furan rings is 1. The number of esters is 1. The molecule has 0 spiro atoms. The number of carbonyl (C=O) groups excluding carboxylic acids is 3. The maximum absolute atomic E-state index is 12.0. The Morgan fingerprint density at radius 1 is 1.13 bits per heavy atom. The van der Waals surface area contributed by atoms with Crippen molar-refractivity contribution in [3.05, 3.63) is 83.1 Å². The van der Waals surface area contributed by atoms with Crippen LogP contribution in [0.5, 0.6) is 0 Å². The fraction of sp³-hybridized carbons (Fsp3) is 0.208. The van der Waals surface area contributed by atoms with E-state index < -0.39 is 18.5 Å². The van der Waals surface area contributed by atoms with E-state index in [4.69, 9.17) is 9.15 Å². The van der Waals surface area contributed by atoms with Crippen molar-refractivity contribution in [3.8, 4) is 0 Å². The van der Waals surface area contributed by atoms with Crippen LogP contribution in [0.2, 0.25) is 0 Å². The summed E-state index contributed by atoms with van der Waals surface area (Å²) in [6.45, 7) is 5.57. The molecule has 7 nitrogen and oxygen atoms in total. The standard InChI is InChI=1S/C24H24N2O5/c1-16-12-19(17(2)26(16)14-22-8-5-11-30-22)9-10-24(29)31-15-23(28)25-21-7-4-6-20(13-21)18(3)27/h4-13H,14-15H2,1-3H3,(H,25,28)/b10-9+. The minimum absolute atomic E-state index is 0.101. The zero-order valence-corrected chi connectivity index (χ0v) is 17.7. The third-order valence-electron chi connectivity index (χ3n) is 4.80. The van der Waals surface area contributed by atoms with Gasteiger partial charge in [0, 0.05) is 28.7 Å². The Morgan fingerprint density at radius 2 is 1.94 bits per heavy atom. The van der Waals surface area contributed by atoms with Crippen molar-refractivity contribution in [1.29, 1.82) is 0 Å². The molecule has 1 amide bonds. The molecule has 1 aromatic carbocycles. The molecule has 2 heterocycles. The molecule has 2 aromatic heterocycles. The number of Topliss-reactive ketones (excluding diaryl/α,β-unsaturated/α-hetero) is 1. The summed E-state index contributed by atoms with van der Waals surface area (Å²) in [4.78, 5) is 35.5. The number of benzene rings is 1. The minimum atomic E-state index is -0.622. The van der Waals surface area contributed by atoms with E-state index in [2.05, 4.69) is 9.88 Å². The van der Waals surface area contributed by atoms with Crippen LogP contribution in [0, 0.1) is 13.8 Å². The number of hydrogen-bond acceptors (Lipinski definition) is 5. The van der Waals surface area contributed by atoms with Crippen LogP contribution in [-0.2, 0) is 20.9 Å². The molecule has 0 saturated carbocycles. The number of nitrogens with one attached hydrogen (secondary N) is 1. The molecule has 0 bridgehead atoms. The van der Waals surface area contributed by atoms with E-state index in [0.29, 0.717) is 17.8 Å². The number of ether oxygens (including phenoxy) is 1. The van der Waals surface area contributed by atoms with Crippen LogP contribution in [0.1, 0.15) is 40.0 Å². The van der Waals surface area contributed by atoms with E-state index >= 15 is 0 Å². The molecule has 0 radical (unpaired) electrons. The van der Waals surface area contributed by atoms with Gasteiger partial charge in [-0.2, -0.15) is 0 Å². The lowest BCUT2D eigenvalue weighted by Gasteiger charge is -2.07. The third-order valence-corrected chi connectivity index (χ3v) is 4.80. The highest BCUT2D eigenvalue weighted by Crippen LogP contribution is 2.19. The summed E-state index contributed by atoms with van der Waals surface area (Å²) in [7, 11) is 0. The zero-order valence-electron chi connectivity index (χ0n) is 17.7. The van der Waals surface area contributed by atoms with E-state index in [-0.39, 0.29) is 5.78 Å². The van der Waals surface area contributed by atoms with Crippen molar-refractivity contribution in [3.63, 3.8) is 0 Å². The van der Waals surface area contributed by atoms with Crippen molar-refractivity contribution in [2.45, 2.75) is 27.3 Å². The van der Waals surface area contributed by atoms with Gasteiger partial charge < -0.3 is 19.0 Å². The molecular weight excluding hydrogens is 396 g/mol. The molecule has 1 N–H and O–H groups in total. The number of nitrogens with zero attached hydrogens (tertiary/aromatic N) is 1. The number of aromatic nitrogens is 1. The predicted octanol–water partition coefficient (Wildman–Crippen LogP) is 4.14. The van der Waals surface area contributed by atoms with Gasteiger partial charge in [0.05, 0.1) is 12.8 Å². The van der Waals surface area contributed by atoms with E-state index in [9.17, 15) is 14.4 Å². The van der Waals surface area contributed by atoms with E-state index in [1.54, 1.807) is 36.6 Å². The fourth-order valence-corrected chi connectivity index (χ4v) is 3.15. The summed E-state index contributed by atoms with van der Waals surface area (Å²) in [6.07, 6.45) is 4.59. The van der Waals surface area contributed by atoms with Crippen LogP contribution in [0.15, 0.2) is 59.2 Å². The Kier molecular flexibility index (Phi) is 6.87. The second-order valence-corrected chi connectivity index (χ2v) is 7.12. The van der Waals surface area contributed by atoms with Crippen molar-refractivity contribution >= 4 is 29.4 Å².